The van der Waals surface area contributed by atoms with Crippen LogP contribution >= 0.6 is 0 Å². The van der Waals surface area contributed by atoms with E-state index in [1.54, 1.807) is 30.3 Å². The molecular formula is C20H15F3O3. The Morgan fingerprint density at radius 1 is 1.15 bits per heavy atom. The summed E-state index contributed by atoms with van der Waals surface area (Å²) >= 11 is 0. The number of ether oxygens (including phenoxy) is 2. The van der Waals surface area contributed by atoms with Gasteiger partial charge in [-0.15, -0.1) is 0 Å². The maximum Gasteiger partial charge on any atom is 0.343 e. The molecule has 1 unspecified atom stereocenters. The molecule has 6 heteroatoms. The number of rotatable bonds is 4. The Kier molecular flexibility index (Phi) is 5.23. The first-order valence-electron chi connectivity index (χ1n) is 7.87. The van der Waals surface area contributed by atoms with Crippen molar-refractivity contribution < 1.29 is 27.4 Å². The fourth-order valence-electron chi connectivity index (χ4n) is 2.55. The molecule has 2 aromatic carbocycles. The number of carbonyl (C=O) groups is 1. The molecule has 0 aromatic heterocycles. The molecule has 0 saturated heterocycles. The van der Waals surface area contributed by atoms with E-state index in [9.17, 15) is 18.0 Å². The smallest absolute Gasteiger partial charge is 0.343 e. The molecule has 1 heterocycles. The van der Waals surface area contributed by atoms with Crippen LogP contribution in [0.5, 0.6) is 5.75 Å². The average molecular weight is 360 g/mol. The minimum Gasteiger partial charge on any atom is -0.423 e. The number of esters is 1. The molecule has 0 aliphatic carbocycles. The summed E-state index contributed by atoms with van der Waals surface area (Å²) in [6.07, 6.45) is 4.39. The third kappa shape index (κ3) is 3.86. The topological polar surface area (TPSA) is 35.5 Å². The monoisotopic (exact) mass is 360 g/mol. The minimum atomic E-state index is -1.63. The van der Waals surface area contributed by atoms with Gasteiger partial charge in [-0.3, -0.25) is 0 Å². The highest BCUT2D eigenvalue weighted by atomic mass is 19.2. The Bertz CT molecular complexity index is 849. The van der Waals surface area contributed by atoms with Crippen molar-refractivity contribution >= 4 is 5.97 Å². The Morgan fingerprint density at radius 2 is 1.81 bits per heavy atom. The highest BCUT2D eigenvalue weighted by Crippen LogP contribution is 2.28. The van der Waals surface area contributed by atoms with E-state index in [0.717, 1.165) is 11.1 Å². The molecule has 1 aliphatic rings. The number of benzene rings is 2. The van der Waals surface area contributed by atoms with Gasteiger partial charge in [-0.25, -0.2) is 18.0 Å². The third-order valence-corrected chi connectivity index (χ3v) is 3.99. The summed E-state index contributed by atoms with van der Waals surface area (Å²) in [5, 5.41) is 0. The predicted octanol–water partition coefficient (Wildman–Crippen LogP) is 4.90. The molecule has 0 spiro atoms. The van der Waals surface area contributed by atoms with Crippen LogP contribution < -0.4 is 4.74 Å². The number of hydrogen-bond acceptors (Lipinski definition) is 3. The van der Waals surface area contributed by atoms with Gasteiger partial charge in [-0.1, -0.05) is 30.9 Å². The normalized spacial score (nSPS) is 16.7. The van der Waals surface area contributed by atoms with Gasteiger partial charge in [-0.2, -0.15) is 0 Å². The fourth-order valence-corrected chi connectivity index (χ4v) is 2.55. The molecule has 0 radical (unpaired) electrons. The Morgan fingerprint density at radius 3 is 2.35 bits per heavy atom. The van der Waals surface area contributed by atoms with Crippen molar-refractivity contribution in [2.45, 2.75) is 12.5 Å². The van der Waals surface area contributed by atoms with Crippen LogP contribution in [-0.2, 0) is 4.74 Å². The third-order valence-electron chi connectivity index (χ3n) is 3.99. The molecule has 0 N–H and O–H groups in total. The van der Waals surface area contributed by atoms with Crippen molar-refractivity contribution in [2.75, 3.05) is 6.61 Å². The van der Waals surface area contributed by atoms with Crippen molar-refractivity contribution in [1.82, 2.24) is 0 Å². The number of carbonyl (C=O) groups excluding carboxylic acids is 1. The molecule has 0 fully saturated rings. The average Bonchev–Trinajstić information content (AvgIpc) is 2.66. The molecule has 3 rings (SSSR count). The Labute approximate surface area is 148 Å². The van der Waals surface area contributed by atoms with Crippen LogP contribution in [0.15, 0.2) is 60.7 Å². The number of hydrogen-bond donors (Lipinski definition) is 0. The van der Waals surface area contributed by atoms with E-state index in [0.29, 0.717) is 25.2 Å². The van der Waals surface area contributed by atoms with Crippen LogP contribution in [0.25, 0.3) is 0 Å². The summed E-state index contributed by atoms with van der Waals surface area (Å²) in [6.45, 7) is 4.18. The molecule has 134 valence electrons. The minimum absolute atomic E-state index is 0.108. The largest absolute Gasteiger partial charge is 0.423 e. The summed E-state index contributed by atoms with van der Waals surface area (Å²) in [5.74, 6) is -5.32. The van der Waals surface area contributed by atoms with Gasteiger partial charge in [0.15, 0.2) is 17.5 Å². The van der Waals surface area contributed by atoms with Gasteiger partial charge in [0.1, 0.15) is 5.75 Å². The molecule has 1 atom stereocenters. The van der Waals surface area contributed by atoms with E-state index in [1.165, 1.54) is 0 Å². The summed E-state index contributed by atoms with van der Waals surface area (Å²) in [4.78, 5) is 12.0. The van der Waals surface area contributed by atoms with Crippen LogP contribution in [0.3, 0.4) is 0 Å². The first-order chi connectivity index (χ1) is 12.5. The summed E-state index contributed by atoms with van der Waals surface area (Å²) in [6, 6.07) is 7.78. The molecule has 26 heavy (non-hydrogen) atoms. The first-order valence-corrected chi connectivity index (χ1v) is 7.87. The molecule has 0 amide bonds. The van der Waals surface area contributed by atoms with Gasteiger partial charge in [0.2, 0.25) is 0 Å². The highest BCUT2D eigenvalue weighted by Gasteiger charge is 2.18. The van der Waals surface area contributed by atoms with Crippen molar-refractivity contribution in [3.8, 4) is 5.75 Å². The Balaban J connectivity index is 1.69. The second kappa shape index (κ2) is 7.58. The van der Waals surface area contributed by atoms with Crippen molar-refractivity contribution in [2.24, 2.45) is 0 Å². The van der Waals surface area contributed by atoms with Crippen molar-refractivity contribution in [3.05, 3.63) is 89.3 Å². The molecule has 0 saturated carbocycles. The lowest BCUT2D eigenvalue weighted by Gasteiger charge is -2.22. The lowest BCUT2D eigenvalue weighted by atomic mass is 10.0. The van der Waals surface area contributed by atoms with E-state index in [2.05, 4.69) is 6.58 Å². The van der Waals surface area contributed by atoms with Gasteiger partial charge in [0.05, 0.1) is 18.3 Å². The standard InChI is InChI=1S/C20H15F3O3/c1-2-12-3-8-18(25-11-12)13-4-6-15(7-5-13)26-20(24)14-9-16(21)19(23)17(22)10-14/h2-7,9-10,18H,1,8,11H2. The van der Waals surface area contributed by atoms with Gasteiger partial charge < -0.3 is 9.47 Å². The van der Waals surface area contributed by atoms with E-state index in [-0.39, 0.29) is 11.9 Å². The molecule has 1 aliphatic heterocycles. The van der Waals surface area contributed by atoms with E-state index >= 15 is 0 Å². The van der Waals surface area contributed by atoms with Gasteiger partial charge >= 0.3 is 5.97 Å². The zero-order valence-electron chi connectivity index (χ0n) is 13.7. The van der Waals surface area contributed by atoms with Gasteiger partial charge in [0, 0.05) is 0 Å². The zero-order valence-corrected chi connectivity index (χ0v) is 13.7. The van der Waals surface area contributed by atoms with Crippen LogP contribution in [0.4, 0.5) is 13.2 Å². The molecular weight excluding hydrogens is 345 g/mol. The van der Waals surface area contributed by atoms with Crippen LogP contribution in [0.1, 0.15) is 28.4 Å². The first kappa shape index (κ1) is 17.9. The summed E-state index contributed by atoms with van der Waals surface area (Å²) < 4.78 is 50.1. The maximum atomic E-state index is 13.2. The molecule has 3 nitrogen and oxygen atoms in total. The van der Waals surface area contributed by atoms with Crippen LogP contribution in [0.2, 0.25) is 0 Å². The van der Waals surface area contributed by atoms with Crippen LogP contribution in [0, 0.1) is 17.5 Å². The quantitative estimate of drug-likeness (QED) is 0.442. The lowest BCUT2D eigenvalue weighted by Crippen LogP contribution is -2.12. The fraction of sp³-hybridized carbons (Fsp3) is 0.150. The SMILES string of the molecule is C=CC1=CCC(c2ccc(OC(=O)c3cc(F)c(F)c(F)c3)cc2)OC1. The summed E-state index contributed by atoms with van der Waals surface area (Å²) in [7, 11) is 0. The van der Waals surface area contributed by atoms with E-state index in [4.69, 9.17) is 9.47 Å². The zero-order chi connectivity index (χ0) is 18.7. The second-order valence-corrected chi connectivity index (χ2v) is 5.73. The maximum absolute atomic E-state index is 13.2. The molecule has 2 aromatic rings. The van der Waals surface area contributed by atoms with Crippen molar-refractivity contribution in [3.63, 3.8) is 0 Å². The lowest BCUT2D eigenvalue weighted by molar-refractivity contribution is 0.0634. The van der Waals surface area contributed by atoms with Gasteiger partial charge in [-0.05, 0) is 41.8 Å². The summed E-state index contributed by atoms with van der Waals surface area (Å²) in [5.41, 5.74) is 1.52. The van der Waals surface area contributed by atoms with E-state index in [1.807, 2.05) is 6.08 Å². The highest BCUT2D eigenvalue weighted by molar-refractivity contribution is 5.91. The second-order valence-electron chi connectivity index (χ2n) is 5.73. The molecule has 0 bridgehead atoms. The van der Waals surface area contributed by atoms with Crippen LogP contribution in [-0.4, -0.2) is 12.6 Å². The van der Waals surface area contributed by atoms with Gasteiger partial charge in [0.25, 0.3) is 0 Å². The predicted molar refractivity (Wildman–Crippen MR) is 89.3 cm³/mol. The van der Waals surface area contributed by atoms with Crippen molar-refractivity contribution in [1.29, 1.82) is 0 Å². The van der Waals surface area contributed by atoms with E-state index < -0.39 is 29.0 Å². The Hall–Kier alpha value is -2.86. The number of halogens is 3.